The van der Waals surface area contributed by atoms with Gasteiger partial charge in [-0.3, -0.25) is 4.90 Å². The smallest absolute Gasteiger partial charge is 0.102 e. The molecule has 1 aromatic heterocycles. The van der Waals surface area contributed by atoms with Crippen LogP contribution in [0.5, 0.6) is 0 Å². The molecule has 2 bridgehead atoms. The van der Waals surface area contributed by atoms with Gasteiger partial charge in [-0.1, -0.05) is 24.3 Å². The molecule has 3 fully saturated rings. The third-order valence-corrected chi connectivity index (χ3v) is 6.11. The summed E-state index contributed by atoms with van der Waals surface area (Å²) in [7, 11) is 0. The Morgan fingerprint density at radius 1 is 1.39 bits per heavy atom. The first-order chi connectivity index (χ1) is 11.2. The lowest BCUT2D eigenvalue weighted by Gasteiger charge is -2.50. The number of hydrogen-bond donors (Lipinski definition) is 1. The molecule has 1 aromatic carbocycles. The second-order valence-corrected chi connectivity index (χ2v) is 7.85. The molecule has 4 heteroatoms. The molecule has 120 valence electrons. The van der Waals surface area contributed by atoms with Crippen molar-refractivity contribution in [2.45, 2.75) is 25.0 Å². The molecule has 0 saturated carbocycles. The van der Waals surface area contributed by atoms with Gasteiger partial charge in [0.1, 0.15) is 3.70 Å². The Labute approximate surface area is 150 Å². The molecule has 4 heterocycles. The molecular formula is C19H21IN2O. The van der Waals surface area contributed by atoms with E-state index >= 15 is 0 Å². The fourth-order valence-corrected chi connectivity index (χ4v) is 4.92. The van der Waals surface area contributed by atoms with Gasteiger partial charge in [-0.05, 0) is 71.5 Å². The SMILES string of the molecule is C=C[C@@H]1CN2CC[C@H]1C[C@H]2[C@H](O)c1cc(I)nc2ccccc12. The van der Waals surface area contributed by atoms with Gasteiger partial charge in [0.15, 0.2) is 0 Å². The van der Waals surface area contributed by atoms with Crippen LogP contribution >= 0.6 is 22.6 Å². The highest BCUT2D eigenvalue weighted by atomic mass is 127. The highest BCUT2D eigenvalue weighted by molar-refractivity contribution is 14.1. The molecule has 3 aliphatic heterocycles. The molecule has 5 atom stereocenters. The van der Waals surface area contributed by atoms with Crippen LogP contribution in [0.3, 0.4) is 0 Å². The Bertz CT molecular complexity index is 747. The summed E-state index contributed by atoms with van der Waals surface area (Å²) in [5, 5.41) is 12.2. The van der Waals surface area contributed by atoms with E-state index in [1.165, 1.54) is 6.42 Å². The summed E-state index contributed by atoms with van der Waals surface area (Å²) in [6.07, 6.45) is 3.94. The zero-order valence-corrected chi connectivity index (χ0v) is 15.2. The molecule has 3 nitrogen and oxygen atoms in total. The van der Waals surface area contributed by atoms with E-state index in [2.05, 4.69) is 51.2 Å². The second-order valence-electron chi connectivity index (χ2n) is 6.74. The van der Waals surface area contributed by atoms with Crippen LogP contribution in [0.25, 0.3) is 10.9 Å². The highest BCUT2D eigenvalue weighted by Gasteiger charge is 2.42. The summed E-state index contributed by atoms with van der Waals surface area (Å²) in [5.74, 6) is 1.26. The topological polar surface area (TPSA) is 36.4 Å². The van der Waals surface area contributed by atoms with Gasteiger partial charge >= 0.3 is 0 Å². The van der Waals surface area contributed by atoms with E-state index in [0.717, 1.165) is 39.7 Å². The van der Waals surface area contributed by atoms with E-state index in [1.807, 2.05) is 24.3 Å². The average Bonchev–Trinajstić information content (AvgIpc) is 2.60. The summed E-state index contributed by atoms with van der Waals surface area (Å²) >= 11 is 2.24. The highest BCUT2D eigenvalue weighted by Crippen LogP contribution is 2.42. The standard InChI is InChI=1S/C19H21IN2O/c1-2-12-11-22-8-7-13(12)9-17(22)19(23)15-10-18(20)21-16-6-4-3-5-14(15)16/h2-6,10,12-13,17,19,23H,1,7-9,11H2/t12-,13+,17+,19-/m1/s1. The second kappa shape index (κ2) is 6.15. The van der Waals surface area contributed by atoms with Crippen LogP contribution in [0.1, 0.15) is 24.5 Å². The third kappa shape index (κ3) is 2.71. The lowest BCUT2D eigenvalue weighted by molar-refractivity contribution is -0.0445. The summed E-state index contributed by atoms with van der Waals surface area (Å²) < 4.78 is 0.940. The Morgan fingerprint density at radius 3 is 2.96 bits per heavy atom. The van der Waals surface area contributed by atoms with Crippen molar-refractivity contribution >= 4 is 33.5 Å². The maximum atomic E-state index is 11.2. The molecule has 0 spiro atoms. The molecule has 3 aliphatic rings. The third-order valence-electron chi connectivity index (χ3n) is 5.55. The van der Waals surface area contributed by atoms with Gasteiger partial charge in [0.25, 0.3) is 0 Å². The molecule has 3 saturated heterocycles. The number of pyridine rings is 1. The van der Waals surface area contributed by atoms with E-state index in [1.54, 1.807) is 0 Å². The predicted octanol–water partition coefficient (Wildman–Crippen LogP) is 3.77. The maximum absolute atomic E-state index is 11.2. The first kappa shape index (κ1) is 15.5. The number of fused-ring (bicyclic) bond motifs is 4. The fourth-order valence-electron chi connectivity index (χ4n) is 4.33. The minimum atomic E-state index is -0.454. The van der Waals surface area contributed by atoms with E-state index < -0.39 is 6.10 Å². The van der Waals surface area contributed by atoms with Crippen molar-refractivity contribution in [3.8, 4) is 0 Å². The monoisotopic (exact) mass is 420 g/mol. The van der Waals surface area contributed by atoms with Crippen LogP contribution in [0, 0.1) is 15.5 Å². The minimum absolute atomic E-state index is 0.214. The molecule has 1 N–H and O–H groups in total. The van der Waals surface area contributed by atoms with Crippen molar-refractivity contribution in [3.05, 3.63) is 52.3 Å². The molecule has 1 unspecified atom stereocenters. The Morgan fingerprint density at radius 2 is 2.22 bits per heavy atom. The maximum Gasteiger partial charge on any atom is 0.102 e. The number of aliphatic hydroxyl groups is 1. The van der Waals surface area contributed by atoms with Gasteiger partial charge in [-0.15, -0.1) is 6.58 Å². The lowest BCUT2D eigenvalue weighted by Crippen LogP contribution is -2.54. The lowest BCUT2D eigenvalue weighted by atomic mass is 9.73. The van der Waals surface area contributed by atoms with Crippen LogP contribution in [0.2, 0.25) is 0 Å². The first-order valence-electron chi connectivity index (χ1n) is 8.27. The van der Waals surface area contributed by atoms with Gasteiger partial charge in [0, 0.05) is 18.0 Å². The number of benzene rings is 1. The molecule has 0 amide bonds. The van der Waals surface area contributed by atoms with Crippen LogP contribution < -0.4 is 0 Å². The number of halogens is 1. The van der Waals surface area contributed by atoms with E-state index in [-0.39, 0.29) is 6.04 Å². The van der Waals surface area contributed by atoms with Crippen molar-refractivity contribution in [1.82, 2.24) is 9.88 Å². The molecule has 0 radical (unpaired) electrons. The van der Waals surface area contributed by atoms with Crippen molar-refractivity contribution < 1.29 is 5.11 Å². The molecule has 0 aliphatic carbocycles. The van der Waals surface area contributed by atoms with Crippen LogP contribution in [-0.2, 0) is 0 Å². The normalized spacial score (nSPS) is 31.2. The molecular weight excluding hydrogens is 399 g/mol. The van der Waals surface area contributed by atoms with Gasteiger partial charge in [-0.25, -0.2) is 4.98 Å². The Kier molecular flexibility index (Phi) is 4.15. The summed E-state index contributed by atoms with van der Waals surface area (Å²) in [4.78, 5) is 7.04. The number of aromatic nitrogens is 1. The van der Waals surface area contributed by atoms with Gasteiger partial charge < -0.3 is 5.11 Å². The Balaban J connectivity index is 1.70. The number of rotatable bonds is 3. The van der Waals surface area contributed by atoms with Gasteiger partial charge in [-0.2, -0.15) is 0 Å². The number of hydrogen-bond acceptors (Lipinski definition) is 3. The van der Waals surface area contributed by atoms with Gasteiger partial charge in [0.2, 0.25) is 0 Å². The Hall–Kier alpha value is -0.980. The number of piperidine rings is 3. The molecule has 5 rings (SSSR count). The average molecular weight is 420 g/mol. The van der Waals surface area contributed by atoms with E-state index in [0.29, 0.717) is 11.8 Å². The van der Waals surface area contributed by atoms with E-state index in [4.69, 9.17) is 0 Å². The van der Waals surface area contributed by atoms with Crippen molar-refractivity contribution in [3.63, 3.8) is 0 Å². The number of para-hydroxylation sites is 1. The summed E-state index contributed by atoms with van der Waals surface area (Å²) in [6.45, 7) is 6.12. The fraction of sp³-hybridized carbons (Fsp3) is 0.421. The summed E-state index contributed by atoms with van der Waals surface area (Å²) in [5.41, 5.74) is 1.99. The zero-order chi connectivity index (χ0) is 16.0. The quantitative estimate of drug-likeness (QED) is 0.467. The van der Waals surface area contributed by atoms with Crippen molar-refractivity contribution in [2.24, 2.45) is 11.8 Å². The number of aliphatic hydroxyl groups excluding tert-OH is 1. The first-order valence-corrected chi connectivity index (χ1v) is 9.35. The summed E-state index contributed by atoms with van der Waals surface area (Å²) in [6, 6.07) is 10.4. The minimum Gasteiger partial charge on any atom is -0.387 e. The molecule has 23 heavy (non-hydrogen) atoms. The van der Waals surface area contributed by atoms with Crippen LogP contribution in [0.15, 0.2) is 43.0 Å². The van der Waals surface area contributed by atoms with Crippen LogP contribution in [0.4, 0.5) is 0 Å². The van der Waals surface area contributed by atoms with E-state index in [9.17, 15) is 5.11 Å². The zero-order valence-electron chi connectivity index (χ0n) is 13.0. The van der Waals surface area contributed by atoms with Crippen molar-refractivity contribution in [2.75, 3.05) is 13.1 Å². The predicted molar refractivity (Wildman–Crippen MR) is 101 cm³/mol. The largest absolute Gasteiger partial charge is 0.387 e. The molecule has 2 aromatic rings. The van der Waals surface area contributed by atoms with Gasteiger partial charge in [0.05, 0.1) is 11.6 Å². The van der Waals surface area contributed by atoms with Crippen LogP contribution in [-0.4, -0.2) is 34.1 Å². The van der Waals surface area contributed by atoms with Crippen molar-refractivity contribution in [1.29, 1.82) is 0 Å². The number of nitrogens with zero attached hydrogens (tertiary/aromatic N) is 2.